The number of allylic oxidation sites excluding steroid dienone is 4. The molecule has 0 saturated heterocycles. The van der Waals surface area contributed by atoms with Crippen LogP contribution in [0.15, 0.2) is 29.3 Å². The maximum Gasteiger partial charge on any atom is 0.183 e. The Balaban J connectivity index is 1.86. The molecule has 0 unspecified atom stereocenters. The Hall–Kier alpha value is -1.05. The Labute approximate surface area is 150 Å². The van der Waals surface area contributed by atoms with Gasteiger partial charge in [-0.05, 0) is 52.4 Å². The van der Waals surface area contributed by atoms with Crippen molar-refractivity contribution < 1.29 is 4.74 Å². The molecule has 0 saturated carbocycles. The summed E-state index contributed by atoms with van der Waals surface area (Å²) in [6, 6.07) is 0. The highest BCUT2D eigenvalue weighted by atomic mass is 16.5. The summed E-state index contributed by atoms with van der Waals surface area (Å²) in [4.78, 5) is 4.60. The van der Waals surface area contributed by atoms with E-state index in [4.69, 9.17) is 4.74 Å². The third kappa shape index (κ3) is 11.5. The van der Waals surface area contributed by atoms with Crippen molar-refractivity contribution in [3.63, 3.8) is 0 Å². The summed E-state index contributed by atoms with van der Waals surface area (Å²) >= 11 is 0. The van der Waals surface area contributed by atoms with E-state index in [9.17, 15) is 0 Å². The first-order valence-electron chi connectivity index (χ1n) is 10.2. The van der Waals surface area contributed by atoms with E-state index in [2.05, 4.69) is 50.1 Å². The summed E-state index contributed by atoms with van der Waals surface area (Å²) in [6.07, 6.45) is 24.5. The van der Waals surface area contributed by atoms with Crippen LogP contribution >= 0.6 is 0 Å². The van der Waals surface area contributed by atoms with E-state index in [1.807, 2.05) is 0 Å². The zero-order valence-electron chi connectivity index (χ0n) is 16.4. The van der Waals surface area contributed by atoms with Gasteiger partial charge in [0.15, 0.2) is 5.90 Å². The fourth-order valence-corrected chi connectivity index (χ4v) is 2.88. The number of aliphatic imine (C=N–C) groups is 1. The van der Waals surface area contributed by atoms with Crippen LogP contribution in [0.3, 0.4) is 0 Å². The molecule has 0 radical (unpaired) electrons. The molecule has 0 N–H and O–H groups in total. The second kappa shape index (κ2) is 13.3. The molecule has 2 nitrogen and oxygen atoms in total. The second-order valence-electron chi connectivity index (χ2n) is 7.59. The highest BCUT2D eigenvalue weighted by Gasteiger charge is 2.25. The monoisotopic (exact) mass is 333 g/mol. The molecule has 138 valence electrons. The van der Waals surface area contributed by atoms with E-state index in [0.717, 1.165) is 25.3 Å². The molecule has 24 heavy (non-hydrogen) atoms. The van der Waals surface area contributed by atoms with Gasteiger partial charge in [0.25, 0.3) is 0 Å². The lowest BCUT2D eigenvalue weighted by Gasteiger charge is -2.07. The summed E-state index contributed by atoms with van der Waals surface area (Å²) in [7, 11) is 0. The maximum absolute atomic E-state index is 5.62. The summed E-state index contributed by atoms with van der Waals surface area (Å²) in [5, 5.41) is 0. The molecule has 1 aliphatic heterocycles. The topological polar surface area (TPSA) is 21.6 Å². The Bertz CT molecular complexity index is 393. The molecular weight excluding hydrogens is 294 g/mol. The summed E-state index contributed by atoms with van der Waals surface area (Å²) in [5.74, 6) is 0.968. The highest BCUT2D eigenvalue weighted by Crippen LogP contribution is 2.19. The van der Waals surface area contributed by atoms with Gasteiger partial charge in [0, 0.05) is 6.42 Å². The van der Waals surface area contributed by atoms with Gasteiger partial charge in [-0.15, -0.1) is 0 Å². The lowest BCUT2D eigenvalue weighted by molar-refractivity contribution is 0.273. The number of ether oxygens (including phenoxy) is 1. The minimum atomic E-state index is 0.00109. The summed E-state index contributed by atoms with van der Waals surface area (Å²) < 4.78 is 5.62. The first kappa shape index (κ1) is 21.0. The Morgan fingerprint density at radius 1 is 0.875 bits per heavy atom. The molecule has 1 heterocycles. The number of nitrogens with zero attached hydrogens (tertiary/aromatic N) is 1. The van der Waals surface area contributed by atoms with Crippen LogP contribution in [-0.2, 0) is 4.74 Å². The van der Waals surface area contributed by atoms with E-state index in [0.29, 0.717) is 0 Å². The molecule has 0 amide bonds. The third-order valence-electron chi connectivity index (χ3n) is 4.36. The van der Waals surface area contributed by atoms with Crippen LogP contribution in [-0.4, -0.2) is 18.0 Å². The minimum absolute atomic E-state index is 0.00109. The third-order valence-corrected chi connectivity index (χ3v) is 4.36. The predicted octanol–water partition coefficient (Wildman–Crippen LogP) is 7.01. The van der Waals surface area contributed by atoms with E-state index in [1.54, 1.807) is 0 Å². The average Bonchev–Trinajstić information content (AvgIpc) is 2.90. The van der Waals surface area contributed by atoms with Crippen LogP contribution in [0.25, 0.3) is 0 Å². The molecule has 0 spiro atoms. The zero-order chi connectivity index (χ0) is 17.5. The first-order valence-corrected chi connectivity index (χ1v) is 10.2. The van der Waals surface area contributed by atoms with Crippen molar-refractivity contribution in [1.29, 1.82) is 0 Å². The Morgan fingerprint density at radius 3 is 2.08 bits per heavy atom. The quantitative estimate of drug-likeness (QED) is 0.247. The smallest absolute Gasteiger partial charge is 0.183 e. The lowest BCUT2D eigenvalue weighted by Crippen LogP contribution is -2.17. The van der Waals surface area contributed by atoms with E-state index < -0.39 is 0 Å². The Kier molecular flexibility index (Phi) is 11.6. The lowest BCUT2D eigenvalue weighted by atomic mass is 10.1. The molecule has 0 atom stereocenters. The second-order valence-corrected chi connectivity index (χ2v) is 7.59. The number of hydrogen-bond acceptors (Lipinski definition) is 2. The van der Waals surface area contributed by atoms with Crippen LogP contribution < -0.4 is 0 Å². The molecule has 0 aromatic carbocycles. The van der Waals surface area contributed by atoms with Crippen LogP contribution in [0.1, 0.15) is 97.8 Å². The van der Waals surface area contributed by atoms with Gasteiger partial charge in [0.2, 0.25) is 0 Å². The van der Waals surface area contributed by atoms with Gasteiger partial charge in [-0.25, -0.2) is 4.99 Å². The van der Waals surface area contributed by atoms with Crippen LogP contribution in [0.5, 0.6) is 0 Å². The Morgan fingerprint density at radius 2 is 1.50 bits per heavy atom. The maximum atomic E-state index is 5.62. The van der Waals surface area contributed by atoms with Gasteiger partial charge in [-0.2, -0.15) is 0 Å². The minimum Gasteiger partial charge on any atom is -0.478 e. The van der Waals surface area contributed by atoms with Crippen molar-refractivity contribution in [2.75, 3.05) is 6.61 Å². The number of hydrogen-bond donors (Lipinski definition) is 0. The number of unbranched alkanes of at least 4 members (excludes halogenated alkanes) is 8. The van der Waals surface area contributed by atoms with Crippen LogP contribution in [0, 0.1) is 0 Å². The molecule has 1 rings (SSSR count). The van der Waals surface area contributed by atoms with Gasteiger partial charge < -0.3 is 4.74 Å². The zero-order valence-corrected chi connectivity index (χ0v) is 16.4. The normalized spacial score (nSPS) is 16.9. The van der Waals surface area contributed by atoms with Crippen molar-refractivity contribution >= 4 is 5.90 Å². The van der Waals surface area contributed by atoms with Crippen molar-refractivity contribution in [3.05, 3.63) is 24.3 Å². The standard InChI is InChI=1S/C22H39NO/c1-4-5-6-7-8-9-10-11-12-13-14-15-16-17-18-19-21-23-22(2,3)20-24-21/h10-11,13-14H,4-9,12,15-20H2,1-3H3/b11-10-,14-13-. The number of rotatable bonds is 14. The largest absolute Gasteiger partial charge is 0.478 e. The van der Waals surface area contributed by atoms with Crippen molar-refractivity contribution in [2.24, 2.45) is 4.99 Å². The summed E-state index contributed by atoms with van der Waals surface area (Å²) in [6.45, 7) is 7.28. The highest BCUT2D eigenvalue weighted by molar-refractivity contribution is 5.78. The van der Waals surface area contributed by atoms with Crippen LogP contribution in [0.4, 0.5) is 0 Å². The molecule has 2 heteroatoms. The predicted molar refractivity (Wildman–Crippen MR) is 107 cm³/mol. The van der Waals surface area contributed by atoms with Crippen LogP contribution in [0.2, 0.25) is 0 Å². The van der Waals surface area contributed by atoms with Gasteiger partial charge in [0.05, 0.1) is 5.54 Å². The van der Waals surface area contributed by atoms with Gasteiger partial charge in [0.1, 0.15) is 6.61 Å². The summed E-state index contributed by atoms with van der Waals surface area (Å²) in [5.41, 5.74) is 0.00109. The average molecular weight is 334 g/mol. The van der Waals surface area contributed by atoms with Crippen molar-refractivity contribution in [2.45, 2.75) is 103 Å². The molecule has 1 aliphatic rings. The van der Waals surface area contributed by atoms with Gasteiger partial charge in [-0.3, -0.25) is 0 Å². The fourth-order valence-electron chi connectivity index (χ4n) is 2.88. The molecule has 0 fully saturated rings. The van der Waals surface area contributed by atoms with E-state index >= 15 is 0 Å². The fraction of sp³-hybridized carbons (Fsp3) is 0.773. The first-order chi connectivity index (χ1) is 11.6. The SMILES string of the molecule is CCCCCCC/C=C\C/C=C\CCCCCC1=NC(C)(C)CO1. The van der Waals surface area contributed by atoms with Crippen molar-refractivity contribution in [1.82, 2.24) is 0 Å². The van der Waals surface area contributed by atoms with E-state index in [-0.39, 0.29) is 5.54 Å². The molecule has 0 aromatic heterocycles. The van der Waals surface area contributed by atoms with Gasteiger partial charge >= 0.3 is 0 Å². The van der Waals surface area contributed by atoms with Crippen molar-refractivity contribution in [3.8, 4) is 0 Å². The van der Waals surface area contributed by atoms with Gasteiger partial charge in [-0.1, -0.05) is 63.3 Å². The van der Waals surface area contributed by atoms with E-state index in [1.165, 1.54) is 64.2 Å². The molecular formula is C22H39NO. The molecule has 0 aliphatic carbocycles. The molecule has 0 aromatic rings. The molecule has 0 bridgehead atoms.